The van der Waals surface area contributed by atoms with E-state index in [9.17, 15) is 4.79 Å². The lowest BCUT2D eigenvalue weighted by atomic mass is 10.1. The van der Waals surface area contributed by atoms with Crippen LogP contribution in [0, 0.1) is 5.41 Å². The molecule has 114 valence electrons. The van der Waals surface area contributed by atoms with Crippen LogP contribution in [0.15, 0.2) is 30.5 Å². The molecule has 1 aromatic heterocycles. The third-order valence-corrected chi connectivity index (χ3v) is 3.20. The minimum atomic E-state index is 0.231. The number of ether oxygens (including phenoxy) is 2. The number of hydrogen-bond donors (Lipinski definition) is 2. The van der Waals surface area contributed by atoms with Gasteiger partial charge in [-0.1, -0.05) is 12.1 Å². The minimum Gasteiger partial charge on any atom is -0.487 e. The Morgan fingerprint density at radius 3 is 2.86 bits per heavy atom. The third-order valence-electron chi connectivity index (χ3n) is 3.20. The molecule has 2 rings (SSSR count). The highest BCUT2D eigenvalue weighted by molar-refractivity contribution is 5.87. The summed E-state index contributed by atoms with van der Waals surface area (Å²) in [5.41, 5.74) is 2.81. The van der Waals surface area contributed by atoms with Crippen molar-refractivity contribution in [3.8, 4) is 11.6 Å². The van der Waals surface area contributed by atoms with E-state index < -0.39 is 0 Å². The van der Waals surface area contributed by atoms with Gasteiger partial charge in [-0.25, -0.2) is 4.98 Å². The number of nitrogens with zero attached hydrogens (tertiary/aromatic N) is 1. The monoisotopic (exact) mass is 299 g/mol. The number of methoxy groups -OCH3 is 1. The van der Waals surface area contributed by atoms with Crippen LogP contribution >= 0.6 is 0 Å². The average Bonchev–Trinajstić information content (AvgIpc) is 2.59. The number of nitrogens with one attached hydrogen (secondary N) is 2. The molecule has 22 heavy (non-hydrogen) atoms. The first-order valence-electron chi connectivity index (χ1n) is 6.65. The zero-order valence-corrected chi connectivity index (χ0v) is 12.4. The molecule has 0 saturated heterocycles. The molecule has 0 unspecified atom stereocenters. The fraction of sp³-hybridized carbons (Fsp3) is 0.188. The second kappa shape index (κ2) is 7.21. The van der Waals surface area contributed by atoms with Gasteiger partial charge in [-0.3, -0.25) is 4.79 Å². The van der Waals surface area contributed by atoms with Crippen LogP contribution in [0.4, 0.5) is 5.69 Å². The van der Waals surface area contributed by atoms with Crippen LogP contribution in [0.25, 0.3) is 0 Å². The molecular formula is C16H17N3O3. The van der Waals surface area contributed by atoms with E-state index >= 15 is 0 Å². The molecule has 1 heterocycles. The van der Waals surface area contributed by atoms with Gasteiger partial charge in [0.1, 0.15) is 12.4 Å². The summed E-state index contributed by atoms with van der Waals surface area (Å²) in [6, 6.07) is 7.16. The molecule has 0 saturated carbocycles. The van der Waals surface area contributed by atoms with Crippen LogP contribution in [-0.2, 0) is 6.61 Å². The van der Waals surface area contributed by atoms with Crippen molar-refractivity contribution in [2.45, 2.75) is 6.61 Å². The van der Waals surface area contributed by atoms with Crippen LogP contribution in [0.2, 0.25) is 0 Å². The molecule has 0 aliphatic carbocycles. The number of carbonyl (C=O) groups excluding carboxylic acids is 1. The van der Waals surface area contributed by atoms with Gasteiger partial charge in [-0.05, 0) is 6.07 Å². The fourth-order valence-corrected chi connectivity index (χ4v) is 2.05. The lowest BCUT2D eigenvalue weighted by molar-refractivity contribution is 0.111. The Morgan fingerprint density at radius 2 is 2.23 bits per heavy atom. The van der Waals surface area contributed by atoms with Gasteiger partial charge < -0.3 is 20.2 Å². The molecule has 0 aliphatic heterocycles. The molecule has 0 atom stereocenters. The highest BCUT2D eigenvalue weighted by Gasteiger charge is 2.09. The van der Waals surface area contributed by atoms with Crippen LogP contribution in [0.1, 0.15) is 21.5 Å². The summed E-state index contributed by atoms with van der Waals surface area (Å²) in [5, 5.41) is 10.6. The molecule has 6 nitrogen and oxygen atoms in total. The van der Waals surface area contributed by atoms with E-state index in [-0.39, 0.29) is 6.61 Å². The average molecular weight is 299 g/mol. The normalized spacial score (nSPS) is 9.91. The van der Waals surface area contributed by atoms with Crippen molar-refractivity contribution in [3.05, 3.63) is 47.2 Å². The summed E-state index contributed by atoms with van der Waals surface area (Å²) in [7, 11) is 3.28. The van der Waals surface area contributed by atoms with E-state index in [0.717, 1.165) is 16.8 Å². The predicted octanol–water partition coefficient (Wildman–Crippen LogP) is 2.52. The summed E-state index contributed by atoms with van der Waals surface area (Å²) in [4.78, 5) is 15.2. The maximum atomic E-state index is 11.1. The molecule has 2 aromatic rings. The highest BCUT2D eigenvalue weighted by atomic mass is 16.5. The highest BCUT2D eigenvalue weighted by Crippen LogP contribution is 2.23. The van der Waals surface area contributed by atoms with E-state index in [2.05, 4.69) is 10.3 Å². The van der Waals surface area contributed by atoms with Crippen molar-refractivity contribution in [3.63, 3.8) is 0 Å². The molecule has 2 N–H and O–H groups in total. The summed E-state index contributed by atoms with van der Waals surface area (Å²) < 4.78 is 10.7. The van der Waals surface area contributed by atoms with Crippen molar-refractivity contribution >= 4 is 18.2 Å². The van der Waals surface area contributed by atoms with E-state index in [0.29, 0.717) is 23.5 Å². The number of hydrogen-bond acceptors (Lipinski definition) is 6. The van der Waals surface area contributed by atoms with Gasteiger partial charge in [0.2, 0.25) is 5.88 Å². The molecule has 0 fully saturated rings. The number of anilines is 1. The van der Waals surface area contributed by atoms with Crippen molar-refractivity contribution in [1.82, 2.24) is 4.98 Å². The Morgan fingerprint density at radius 1 is 1.41 bits per heavy atom. The van der Waals surface area contributed by atoms with Gasteiger partial charge >= 0.3 is 0 Å². The second-order valence-electron chi connectivity index (χ2n) is 4.44. The smallest absolute Gasteiger partial charge is 0.213 e. The minimum absolute atomic E-state index is 0.231. The summed E-state index contributed by atoms with van der Waals surface area (Å²) in [6.07, 6.45) is 3.42. The van der Waals surface area contributed by atoms with E-state index in [4.69, 9.17) is 14.9 Å². The standard InChI is InChI=1S/C16H17N3O3/c1-18-14-5-3-4-11(13(14)7-17)10-22-15-8-19-16(21-2)6-12(15)9-20/h3-9,17-18H,10H2,1-2H3. The van der Waals surface area contributed by atoms with Gasteiger partial charge in [0.25, 0.3) is 0 Å². The predicted molar refractivity (Wildman–Crippen MR) is 84.4 cm³/mol. The molecule has 0 spiro atoms. The lowest BCUT2D eigenvalue weighted by Gasteiger charge is -2.13. The quantitative estimate of drug-likeness (QED) is 0.606. The van der Waals surface area contributed by atoms with Gasteiger partial charge in [-0.15, -0.1) is 0 Å². The van der Waals surface area contributed by atoms with Gasteiger partial charge in [0.05, 0.1) is 18.9 Å². The maximum absolute atomic E-state index is 11.1. The first kappa shape index (κ1) is 15.5. The van der Waals surface area contributed by atoms with Crippen molar-refractivity contribution in [2.75, 3.05) is 19.5 Å². The molecule has 1 aromatic carbocycles. The van der Waals surface area contributed by atoms with E-state index in [1.54, 1.807) is 7.05 Å². The number of aromatic nitrogens is 1. The maximum Gasteiger partial charge on any atom is 0.213 e. The Hall–Kier alpha value is -2.89. The zero-order valence-electron chi connectivity index (χ0n) is 12.4. The first-order chi connectivity index (χ1) is 10.7. The molecule has 6 heteroatoms. The third kappa shape index (κ3) is 3.22. The van der Waals surface area contributed by atoms with Crippen LogP contribution in [-0.4, -0.2) is 31.6 Å². The number of carbonyl (C=O) groups is 1. The zero-order chi connectivity index (χ0) is 15.9. The summed E-state index contributed by atoms with van der Waals surface area (Å²) in [6.45, 7) is 0.231. The Kier molecular flexibility index (Phi) is 5.08. The number of pyridine rings is 1. The number of rotatable bonds is 7. The van der Waals surface area contributed by atoms with E-state index in [1.165, 1.54) is 25.6 Å². The fourth-order valence-electron chi connectivity index (χ4n) is 2.05. The number of benzene rings is 1. The molecule has 0 amide bonds. The van der Waals surface area contributed by atoms with Crippen LogP contribution in [0.5, 0.6) is 11.6 Å². The second-order valence-corrected chi connectivity index (χ2v) is 4.44. The summed E-state index contributed by atoms with van der Waals surface area (Å²) >= 11 is 0. The van der Waals surface area contributed by atoms with Gasteiger partial charge in [0, 0.05) is 36.1 Å². The largest absolute Gasteiger partial charge is 0.487 e. The molecule has 0 aliphatic rings. The van der Waals surface area contributed by atoms with Crippen LogP contribution in [0.3, 0.4) is 0 Å². The van der Waals surface area contributed by atoms with E-state index in [1.807, 2.05) is 18.2 Å². The Balaban J connectivity index is 2.24. The van der Waals surface area contributed by atoms with Gasteiger partial charge in [0.15, 0.2) is 6.29 Å². The van der Waals surface area contributed by atoms with Crippen molar-refractivity contribution in [2.24, 2.45) is 0 Å². The Labute approximate surface area is 128 Å². The first-order valence-corrected chi connectivity index (χ1v) is 6.65. The lowest BCUT2D eigenvalue weighted by Crippen LogP contribution is -2.05. The molecule has 0 bridgehead atoms. The van der Waals surface area contributed by atoms with Crippen LogP contribution < -0.4 is 14.8 Å². The Bertz CT molecular complexity index is 686. The molecular weight excluding hydrogens is 282 g/mol. The van der Waals surface area contributed by atoms with Crippen molar-refractivity contribution in [1.29, 1.82) is 5.41 Å². The SMILES string of the molecule is CNc1cccc(COc2cnc(OC)cc2C=O)c1C=N. The van der Waals surface area contributed by atoms with Crippen molar-refractivity contribution < 1.29 is 14.3 Å². The number of aldehydes is 1. The summed E-state index contributed by atoms with van der Waals surface area (Å²) in [5.74, 6) is 0.730. The topological polar surface area (TPSA) is 84.3 Å². The van der Waals surface area contributed by atoms with Gasteiger partial charge in [-0.2, -0.15) is 0 Å². The molecule has 0 radical (unpaired) electrons.